The summed E-state index contributed by atoms with van der Waals surface area (Å²) in [5, 5.41) is 1.17. The Kier molecular flexibility index (Phi) is 2.85. The first-order valence-electron chi connectivity index (χ1n) is 5.96. The van der Waals surface area contributed by atoms with Gasteiger partial charge in [-0.2, -0.15) is 12.7 Å². The topological polar surface area (TPSA) is 65.2 Å². The fourth-order valence-corrected chi connectivity index (χ4v) is 3.52. The molecule has 2 aromatic rings. The van der Waals surface area contributed by atoms with Crippen molar-refractivity contribution in [2.24, 2.45) is 0 Å². The Morgan fingerprint density at radius 1 is 1.28 bits per heavy atom. The maximum absolute atomic E-state index is 11.6. The predicted molar refractivity (Wildman–Crippen MR) is 70.5 cm³/mol. The lowest BCUT2D eigenvalue weighted by Crippen LogP contribution is -2.31. The highest BCUT2D eigenvalue weighted by atomic mass is 32.2. The summed E-state index contributed by atoms with van der Waals surface area (Å²) < 4.78 is 27.2. The van der Waals surface area contributed by atoms with Crippen molar-refractivity contribution < 1.29 is 8.42 Å². The van der Waals surface area contributed by atoms with E-state index in [2.05, 4.69) is 15.8 Å². The number of hydrogen-bond acceptors (Lipinski definition) is 2. The highest BCUT2D eigenvalue weighted by molar-refractivity contribution is 7.87. The van der Waals surface area contributed by atoms with Crippen LogP contribution in [0.15, 0.2) is 30.5 Å². The Morgan fingerprint density at radius 2 is 2.11 bits per heavy atom. The van der Waals surface area contributed by atoms with E-state index in [9.17, 15) is 8.42 Å². The van der Waals surface area contributed by atoms with E-state index < -0.39 is 10.2 Å². The van der Waals surface area contributed by atoms with Crippen molar-refractivity contribution in [2.75, 3.05) is 19.6 Å². The lowest BCUT2D eigenvalue weighted by molar-refractivity contribution is 0.453. The third-order valence-electron chi connectivity index (χ3n) is 3.29. The second-order valence-corrected chi connectivity index (χ2v) is 6.16. The molecule has 0 saturated carbocycles. The van der Waals surface area contributed by atoms with Crippen molar-refractivity contribution in [1.29, 1.82) is 0 Å². The van der Waals surface area contributed by atoms with Gasteiger partial charge in [0.25, 0.3) is 10.2 Å². The summed E-state index contributed by atoms with van der Waals surface area (Å²) in [6.45, 7) is 1.60. The van der Waals surface area contributed by atoms with E-state index in [1.165, 1.54) is 9.69 Å². The van der Waals surface area contributed by atoms with Crippen molar-refractivity contribution in [3.05, 3.63) is 36.0 Å². The molecular formula is C12H15N3O2S. The summed E-state index contributed by atoms with van der Waals surface area (Å²) in [5.41, 5.74) is 2.25. The third-order valence-corrected chi connectivity index (χ3v) is 4.90. The number of benzene rings is 1. The maximum atomic E-state index is 11.6. The maximum Gasteiger partial charge on any atom is 0.279 e. The van der Waals surface area contributed by atoms with Crippen LogP contribution in [0.4, 0.5) is 0 Å². The zero-order valence-corrected chi connectivity index (χ0v) is 10.7. The molecule has 1 fully saturated rings. The van der Waals surface area contributed by atoms with Gasteiger partial charge in [-0.15, -0.1) is 0 Å². The first-order valence-corrected chi connectivity index (χ1v) is 7.40. The van der Waals surface area contributed by atoms with Crippen LogP contribution in [0.25, 0.3) is 10.9 Å². The lowest BCUT2D eigenvalue weighted by Gasteiger charge is -2.12. The van der Waals surface area contributed by atoms with Gasteiger partial charge in [-0.1, -0.05) is 18.2 Å². The number of aromatic amines is 1. The van der Waals surface area contributed by atoms with Crippen molar-refractivity contribution >= 4 is 21.1 Å². The predicted octanol–water partition coefficient (Wildman–Crippen LogP) is 0.860. The van der Waals surface area contributed by atoms with Crippen molar-refractivity contribution in [3.8, 4) is 0 Å². The fourth-order valence-electron chi connectivity index (χ4n) is 2.33. The molecule has 0 atom stereocenters. The standard InChI is InChI=1S/C12H15N3O2S/c16-18(17)14-6-8-15(18)7-5-10-9-13-12-4-2-1-3-11(10)12/h1-4,9,13-14H,5-8H2. The summed E-state index contributed by atoms with van der Waals surface area (Å²) in [7, 11) is -3.22. The van der Waals surface area contributed by atoms with Crippen LogP contribution >= 0.6 is 0 Å². The molecule has 0 aliphatic carbocycles. The van der Waals surface area contributed by atoms with E-state index in [1.54, 1.807) is 0 Å². The van der Waals surface area contributed by atoms with Crippen LogP contribution in [0.5, 0.6) is 0 Å². The van der Waals surface area contributed by atoms with Crippen LogP contribution in [-0.4, -0.2) is 37.3 Å². The molecule has 6 heteroatoms. The summed E-state index contributed by atoms with van der Waals surface area (Å²) in [5.74, 6) is 0. The molecule has 2 N–H and O–H groups in total. The molecule has 0 bridgehead atoms. The van der Waals surface area contributed by atoms with Gasteiger partial charge in [0.1, 0.15) is 0 Å². The van der Waals surface area contributed by atoms with Gasteiger partial charge >= 0.3 is 0 Å². The molecule has 18 heavy (non-hydrogen) atoms. The van der Waals surface area contributed by atoms with E-state index >= 15 is 0 Å². The quantitative estimate of drug-likeness (QED) is 0.864. The van der Waals surface area contributed by atoms with E-state index in [0.717, 1.165) is 17.5 Å². The Morgan fingerprint density at radius 3 is 2.89 bits per heavy atom. The monoisotopic (exact) mass is 265 g/mol. The van der Waals surface area contributed by atoms with Crippen LogP contribution < -0.4 is 4.72 Å². The molecular weight excluding hydrogens is 250 g/mol. The smallest absolute Gasteiger partial charge is 0.279 e. The molecule has 0 unspecified atom stereocenters. The normalized spacial score (nSPS) is 19.6. The van der Waals surface area contributed by atoms with E-state index in [4.69, 9.17) is 0 Å². The summed E-state index contributed by atoms with van der Waals surface area (Å²) in [6.07, 6.45) is 2.69. The number of para-hydroxylation sites is 1. The first-order chi connectivity index (χ1) is 8.67. The largest absolute Gasteiger partial charge is 0.361 e. The van der Waals surface area contributed by atoms with Crippen LogP contribution in [0, 0.1) is 0 Å². The minimum absolute atomic E-state index is 0.510. The molecule has 0 spiro atoms. The van der Waals surface area contributed by atoms with Gasteiger partial charge in [0.05, 0.1) is 0 Å². The lowest BCUT2D eigenvalue weighted by atomic mass is 10.1. The summed E-state index contributed by atoms with van der Waals surface area (Å²) in [4.78, 5) is 3.20. The first kappa shape index (κ1) is 11.7. The summed E-state index contributed by atoms with van der Waals surface area (Å²) in [6, 6.07) is 8.05. The molecule has 0 radical (unpaired) electrons. The number of hydrogen-bond donors (Lipinski definition) is 2. The molecule has 1 aliphatic heterocycles. The van der Waals surface area contributed by atoms with Crippen LogP contribution in [0.2, 0.25) is 0 Å². The van der Waals surface area contributed by atoms with Gasteiger partial charge in [0.2, 0.25) is 0 Å². The zero-order chi connectivity index (χ0) is 12.6. The average molecular weight is 265 g/mol. The Hall–Kier alpha value is -1.37. The zero-order valence-electron chi connectivity index (χ0n) is 9.89. The molecule has 1 aromatic heterocycles. The molecule has 1 aromatic carbocycles. The molecule has 5 nitrogen and oxygen atoms in total. The second-order valence-electron chi connectivity index (χ2n) is 4.41. The number of aromatic nitrogens is 1. The second kappa shape index (κ2) is 4.38. The highest BCUT2D eigenvalue weighted by Crippen LogP contribution is 2.19. The molecule has 96 valence electrons. The summed E-state index contributed by atoms with van der Waals surface area (Å²) >= 11 is 0. The van der Waals surface area contributed by atoms with Gasteiger partial charge < -0.3 is 4.98 Å². The Labute approximate surface area is 106 Å². The van der Waals surface area contributed by atoms with Gasteiger partial charge in [-0.05, 0) is 18.1 Å². The Bertz CT molecular complexity index is 663. The third kappa shape index (κ3) is 2.03. The van der Waals surface area contributed by atoms with Crippen LogP contribution in [0.3, 0.4) is 0 Å². The van der Waals surface area contributed by atoms with Crippen LogP contribution in [0.1, 0.15) is 5.56 Å². The van der Waals surface area contributed by atoms with Crippen molar-refractivity contribution in [1.82, 2.24) is 14.0 Å². The molecule has 1 aliphatic rings. The van der Waals surface area contributed by atoms with Gasteiger partial charge in [0.15, 0.2) is 0 Å². The van der Waals surface area contributed by atoms with Gasteiger partial charge in [0, 0.05) is 36.7 Å². The van der Waals surface area contributed by atoms with Crippen molar-refractivity contribution in [3.63, 3.8) is 0 Å². The number of H-pyrrole nitrogens is 1. The number of nitrogens with zero attached hydrogens (tertiary/aromatic N) is 1. The van der Waals surface area contributed by atoms with Gasteiger partial charge in [-0.25, -0.2) is 4.72 Å². The average Bonchev–Trinajstić information content (AvgIpc) is 2.90. The minimum atomic E-state index is -3.22. The fraction of sp³-hybridized carbons (Fsp3) is 0.333. The van der Waals surface area contributed by atoms with Gasteiger partial charge in [-0.3, -0.25) is 0 Å². The highest BCUT2D eigenvalue weighted by Gasteiger charge is 2.27. The molecule has 2 heterocycles. The van der Waals surface area contributed by atoms with Crippen LogP contribution in [-0.2, 0) is 16.6 Å². The minimum Gasteiger partial charge on any atom is -0.361 e. The Balaban J connectivity index is 1.78. The number of nitrogens with one attached hydrogen (secondary N) is 2. The van der Waals surface area contributed by atoms with Crippen molar-refractivity contribution in [2.45, 2.75) is 6.42 Å². The molecule has 1 saturated heterocycles. The SMILES string of the molecule is O=S1(=O)NCCN1CCc1c[nH]c2ccccc12. The van der Waals surface area contributed by atoms with E-state index in [1.807, 2.05) is 24.4 Å². The van der Waals surface area contributed by atoms with E-state index in [0.29, 0.717) is 19.6 Å². The number of rotatable bonds is 3. The molecule has 3 rings (SSSR count). The van der Waals surface area contributed by atoms with E-state index in [-0.39, 0.29) is 0 Å². The number of fused-ring (bicyclic) bond motifs is 1. The molecule has 0 amide bonds.